The average Bonchev–Trinajstić information content (AvgIpc) is 2.86. The average molecular weight is 340 g/mol. The molecule has 1 aromatic carbocycles. The summed E-state index contributed by atoms with van der Waals surface area (Å²) in [4.78, 5) is 0. The predicted molar refractivity (Wildman–Crippen MR) is 88.6 cm³/mol. The molecule has 2 unspecified atom stereocenters. The van der Waals surface area contributed by atoms with Gasteiger partial charge in [0.1, 0.15) is 5.75 Å². The standard InChI is InChI=1S/C17H26BrNO/c1-4-12(3)8-16(19-5-2)11-14-10-15(18)9-13-6-7-20-17(13)14/h9-10,12,16,19H,4-8,11H2,1-3H3. The van der Waals surface area contributed by atoms with Crippen molar-refractivity contribution in [3.63, 3.8) is 0 Å². The van der Waals surface area contributed by atoms with Crippen molar-refractivity contribution in [2.75, 3.05) is 13.2 Å². The van der Waals surface area contributed by atoms with E-state index in [4.69, 9.17) is 4.74 Å². The van der Waals surface area contributed by atoms with E-state index in [0.29, 0.717) is 6.04 Å². The molecule has 0 amide bonds. The molecule has 2 nitrogen and oxygen atoms in total. The Hall–Kier alpha value is -0.540. The summed E-state index contributed by atoms with van der Waals surface area (Å²) in [5, 5.41) is 3.64. The Morgan fingerprint density at radius 1 is 1.35 bits per heavy atom. The van der Waals surface area contributed by atoms with Gasteiger partial charge in [-0.3, -0.25) is 0 Å². The van der Waals surface area contributed by atoms with Crippen molar-refractivity contribution in [1.29, 1.82) is 0 Å². The normalized spacial score (nSPS) is 16.6. The van der Waals surface area contributed by atoms with Gasteiger partial charge in [0.25, 0.3) is 0 Å². The fraction of sp³-hybridized carbons (Fsp3) is 0.647. The number of fused-ring (bicyclic) bond motifs is 1. The largest absolute Gasteiger partial charge is 0.493 e. The first-order chi connectivity index (χ1) is 9.63. The number of ether oxygens (including phenoxy) is 1. The van der Waals surface area contributed by atoms with Gasteiger partial charge in [0, 0.05) is 16.9 Å². The first-order valence-corrected chi connectivity index (χ1v) is 8.60. The number of likely N-dealkylation sites (N-methyl/N-ethyl adjacent to an activating group) is 1. The van der Waals surface area contributed by atoms with Gasteiger partial charge >= 0.3 is 0 Å². The Morgan fingerprint density at radius 2 is 2.15 bits per heavy atom. The molecular weight excluding hydrogens is 314 g/mol. The van der Waals surface area contributed by atoms with Gasteiger partial charge in [-0.25, -0.2) is 0 Å². The van der Waals surface area contributed by atoms with E-state index in [1.807, 2.05) is 0 Å². The fourth-order valence-electron chi connectivity index (χ4n) is 2.94. The minimum Gasteiger partial charge on any atom is -0.493 e. The third-order valence-electron chi connectivity index (χ3n) is 4.17. The van der Waals surface area contributed by atoms with Crippen molar-refractivity contribution in [2.45, 2.75) is 52.5 Å². The van der Waals surface area contributed by atoms with Crippen molar-refractivity contribution in [1.82, 2.24) is 5.32 Å². The van der Waals surface area contributed by atoms with E-state index in [1.165, 1.54) is 28.4 Å². The SMILES string of the molecule is CCNC(Cc1cc(Br)cc2c1OCC2)CC(C)CC. The van der Waals surface area contributed by atoms with Crippen molar-refractivity contribution in [2.24, 2.45) is 5.92 Å². The van der Waals surface area contributed by atoms with Crippen molar-refractivity contribution >= 4 is 15.9 Å². The highest BCUT2D eigenvalue weighted by Gasteiger charge is 2.20. The second kappa shape index (κ2) is 7.46. The van der Waals surface area contributed by atoms with E-state index in [9.17, 15) is 0 Å². The maximum absolute atomic E-state index is 5.85. The Labute approximate surface area is 131 Å². The van der Waals surface area contributed by atoms with Crippen LogP contribution in [0.3, 0.4) is 0 Å². The van der Waals surface area contributed by atoms with Crippen molar-refractivity contribution in [3.8, 4) is 5.75 Å². The molecule has 0 saturated carbocycles. The number of hydrogen-bond donors (Lipinski definition) is 1. The summed E-state index contributed by atoms with van der Waals surface area (Å²) in [6.07, 6.45) is 4.57. The molecule has 1 aliphatic heterocycles. The molecule has 0 spiro atoms. The van der Waals surface area contributed by atoms with Crippen LogP contribution in [0.4, 0.5) is 0 Å². The van der Waals surface area contributed by atoms with Gasteiger partial charge in [0.15, 0.2) is 0 Å². The summed E-state index contributed by atoms with van der Waals surface area (Å²) < 4.78 is 7.02. The van der Waals surface area contributed by atoms with Crippen LogP contribution in [0.15, 0.2) is 16.6 Å². The summed E-state index contributed by atoms with van der Waals surface area (Å²) in [7, 11) is 0. The molecule has 0 saturated heterocycles. The lowest BCUT2D eigenvalue weighted by Crippen LogP contribution is -2.32. The molecule has 1 aromatic rings. The number of benzene rings is 1. The van der Waals surface area contributed by atoms with Gasteiger partial charge in [-0.2, -0.15) is 0 Å². The summed E-state index contributed by atoms with van der Waals surface area (Å²) in [5.74, 6) is 1.90. The molecule has 0 bridgehead atoms. The van der Waals surface area contributed by atoms with Crippen LogP contribution in [-0.2, 0) is 12.8 Å². The molecule has 0 radical (unpaired) electrons. The predicted octanol–water partition coefficient (Wildman–Crippen LogP) is 4.34. The lowest BCUT2D eigenvalue weighted by Gasteiger charge is -2.22. The van der Waals surface area contributed by atoms with Crippen LogP contribution in [-0.4, -0.2) is 19.2 Å². The summed E-state index contributed by atoms with van der Waals surface area (Å²) in [5.41, 5.74) is 2.70. The maximum atomic E-state index is 5.85. The molecule has 112 valence electrons. The third kappa shape index (κ3) is 3.98. The second-order valence-corrected chi connectivity index (χ2v) is 6.78. The lowest BCUT2D eigenvalue weighted by atomic mass is 9.93. The number of halogens is 1. The molecule has 2 rings (SSSR count). The smallest absolute Gasteiger partial charge is 0.125 e. The van der Waals surface area contributed by atoms with Gasteiger partial charge < -0.3 is 10.1 Å². The minimum absolute atomic E-state index is 0.539. The summed E-state index contributed by atoms with van der Waals surface area (Å²) >= 11 is 3.63. The first kappa shape index (κ1) is 15.8. The molecule has 0 fully saturated rings. The molecule has 1 aliphatic rings. The van der Waals surface area contributed by atoms with Gasteiger partial charge in [-0.05, 0) is 48.6 Å². The Bertz CT molecular complexity index is 447. The summed E-state index contributed by atoms with van der Waals surface area (Å²) in [6.45, 7) is 8.65. The van der Waals surface area contributed by atoms with Crippen LogP contribution >= 0.6 is 15.9 Å². The highest BCUT2D eigenvalue weighted by molar-refractivity contribution is 9.10. The van der Waals surface area contributed by atoms with Crippen LogP contribution in [0.5, 0.6) is 5.75 Å². The monoisotopic (exact) mass is 339 g/mol. The second-order valence-electron chi connectivity index (χ2n) is 5.86. The number of hydrogen-bond acceptors (Lipinski definition) is 2. The van der Waals surface area contributed by atoms with Crippen molar-refractivity contribution < 1.29 is 4.74 Å². The Balaban J connectivity index is 2.14. The molecule has 0 aromatic heterocycles. The van der Waals surface area contributed by atoms with E-state index in [1.54, 1.807) is 0 Å². The molecule has 0 aliphatic carbocycles. The van der Waals surface area contributed by atoms with Gasteiger partial charge in [0.2, 0.25) is 0 Å². The highest BCUT2D eigenvalue weighted by Crippen LogP contribution is 2.34. The zero-order valence-corrected chi connectivity index (χ0v) is 14.4. The van der Waals surface area contributed by atoms with E-state index < -0.39 is 0 Å². The lowest BCUT2D eigenvalue weighted by molar-refractivity contribution is 0.347. The van der Waals surface area contributed by atoms with Gasteiger partial charge in [0.05, 0.1) is 6.61 Å². The zero-order chi connectivity index (χ0) is 14.5. The molecule has 3 heteroatoms. The Morgan fingerprint density at radius 3 is 2.85 bits per heavy atom. The first-order valence-electron chi connectivity index (χ1n) is 7.81. The maximum Gasteiger partial charge on any atom is 0.125 e. The van der Waals surface area contributed by atoms with Crippen LogP contribution < -0.4 is 10.1 Å². The topological polar surface area (TPSA) is 21.3 Å². The number of nitrogens with one attached hydrogen (secondary N) is 1. The van der Waals surface area contributed by atoms with E-state index in [-0.39, 0.29) is 0 Å². The fourth-order valence-corrected chi connectivity index (χ4v) is 3.50. The molecule has 20 heavy (non-hydrogen) atoms. The van der Waals surface area contributed by atoms with Crippen molar-refractivity contribution in [3.05, 3.63) is 27.7 Å². The quantitative estimate of drug-likeness (QED) is 0.797. The van der Waals surface area contributed by atoms with Crippen LogP contribution in [0.2, 0.25) is 0 Å². The molecule has 2 atom stereocenters. The van der Waals surface area contributed by atoms with Gasteiger partial charge in [-0.15, -0.1) is 0 Å². The third-order valence-corrected chi connectivity index (χ3v) is 4.63. The molecular formula is C17H26BrNO. The van der Waals surface area contributed by atoms with Crippen LogP contribution in [0.1, 0.15) is 44.7 Å². The summed E-state index contributed by atoms with van der Waals surface area (Å²) in [6, 6.07) is 4.96. The minimum atomic E-state index is 0.539. The Kier molecular flexibility index (Phi) is 5.91. The highest BCUT2D eigenvalue weighted by atomic mass is 79.9. The van der Waals surface area contributed by atoms with Crippen LogP contribution in [0, 0.1) is 5.92 Å². The molecule has 1 N–H and O–H groups in total. The van der Waals surface area contributed by atoms with E-state index >= 15 is 0 Å². The van der Waals surface area contributed by atoms with Gasteiger partial charge in [-0.1, -0.05) is 43.1 Å². The van der Waals surface area contributed by atoms with E-state index in [0.717, 1.165) is 37.7 Å². The number of rotatable bonds is 7. The van der Waals surface area contributed by atoms with E-state index in [2.05, 4.69) is 54.2 Å². The molecule has 1 heterocycles. The zero-order valence-electron chi connectivity index (χ0n) is 12.8. The van der Waals surface area contributed by atoms with Crippen LogP contribution in [0.25, 0.3) is 0 Å².